The Labute approximate surface area is 493 Å². The summed E-state index contributed by atoms with van der Waals surface area (Å²) >= 11 is 0. The number of benzene rings is 8. The van der Waals surface area contributed by atoms with E-state index in [0.717, 1.165) is 50.5 Å². The number of anilines is 1. The standard InChI is InChI=1S/C29H25N3.C19H16.C11H13N3.8C2H6/c1-21-25-15-9-10-16-27(25)31-29(30-21)20-32(2)28-18-17-24(22-11-5-3-6-12-22)19-26(28)23-13-7-4-8-14-23;1-15-12-13-18(16-8-4-2-5-9-16)14-19(15)17-10-6-3-7-11-17;1-8-9-5-3-4-6-10(9)14-11(13-8)7-12-2;8*1-2/h3-19H,20H2,1-2H3;2-14H,1H3;3-6,12H,7H2,1-2H3;8*1-2H3. The molecule has 0 aliphatic rings. The third-order valence-corrected chi connectivity index (χ3v) is 11.4. The van der Waals surface area contributed by atoms with Crippen LogP contribution in [0.4, 0.5) is 5.69 Å². The Bertz CT molecular complexity index is 3120. The number of hydrogen-bond donors (Lipinski definition) is 1. The Morgan fingerprint density at radius 3 is 1.09 bits per heavy atom. The van der Waals surface area contributed by atoms with E-state index in [1.54, 1.807) is 0 Å². The Balaban J connectivity index is 0.00000112. The summed E-state index contributed by atoms with van der Waals surface area (Å²) in [7, 11) is 4.01. The SMILES string of the molecule is CC.CC.CC.CC.CC.CC.CC.CC.CNCc1nc(C)c2ccccc2n1.Cc1ccc(-c2ccccc2)cc1-c1ccccc1.Cc1nc(CN(C)c2ccc(-c3ccccc3)cc2-c2ccccc2)nc2ccccc12. The van der Waals surface area contributed by atoms with E-state index in [2.05, 4.69) is 211 Å². The molecule has 432 valence electrons. The van der Waals surface area contributed by atoms with Gasteiger partial charge in [0.2, 0.25) is 0 Å². The second-order valence-electron chi connectivity index (χ2n) is 16.1. The average Bonchev–Trinajstić information content (AvgIpc) is 3.57. The van der Waals surface area contributed by atoms with Crippen LogP contribution in [0, 0.1) is 20.8 Å². The molecule has 0 radical (unpaired) electrons. The van der Waals surface area contributed by atoms with E-state index in [0.29, 0.717) is 13.1 Å². The number of aryl methyl sites for hydroxylation is 3. The van der Waals surface area contributed by atoms with Gasteiger partial charge in [0.15, 0.2) is 0 Å². The highest BCUT2D eigenvalue weighted by molar-refractivity contribution is 5.84. The normalized spacial score (nSPS) is 9.20. The zero-order valence-corrected chi connectivity index (χ0v) is 53.8. The van der Waals surface area contributed by atoms with Crippen molar-refractivity contribution < 1.29 is 0 Å². The number of fused-ring (bicyclic) bond motifs is 2. The maximum absolute atomic E-state index is 4.82. The van der Waals surface area contributed by atoms with Crippen molar-refractivity contribution in [2.24, 2.45) is 0 Å². The van der Waals surface area contributed by atoms with Gasteiger partial charge in [-0.2, -0.15) is 0 Å². The van der Waals surface area contributed by atoms with E-state index < -0.39 is 0 Å². The molecule has 6 nitrogen and oxygen atoms in total. The second-order valence-corrected chi connectivity index (χ2v) is 16.1. The van der Waals surface area contributed by atoms with Crippen LogP contribution in [-0.2, 0) is 13.1 Å². The quantitative estimate of drug-likeness (QED) is 0.155. The number of hydrogen-bond acceptors (Lipinski definition) is 6. The molecule has 81 heavy (non-hydrogen) atoms. The van der Waals surface area contributed by atoms with Gasteiger partial charge in [0.25, 0.3) is 0 Å². The Hall–Kier alpha value is -7.80. The fraction of sp³-hybridized carbons (Fsp3) is 0.307. The zero-order chi connectivity index (χ0) is 61.0. The molecule has 10 aromatic rings. The molecule has 1 N–H and O–H groups in total. The van der Waals surface area contributed by atoms with E-state index >= 15 is 0 Å². The van der Waals surface area contributed by atoms with E-state index in [1.165, 1.54) is 50.1 Å². The number of para-hydroxylation sites is 2. The highest BCUT2D eigenvalue weighted by Gasteiger charge is 2.14. The third-order valence-electron chi connectivity index (χ3n) is 11.4. The van der Waals surface area contributed by atoms with E-state index in [-0.39, 0.29) is 0 Å². The van der Waals surface area contributed by atoms with Crippen LogP contribution in [0.3, 0.4) is 0 Å². The lowest BCUT2D eigenvalue weighted by Crippen LogP contribution is -2.19. The summed E-state index contributed by atoms with van der Waals surface area (Å²) in [5.74, 6) is 1.68. The van der Waals surface area contributed by atoms with Gasteiger partial charge in [0.05, 0.1) is 24.1 Å². The topological polar surface area (TPSA) is 66.8 Å². The van der Waals surface area contributed by atoms with Crippen LogP contribution in [0.5, 0.6) is 0 Å². The van der Waals surface area contributed by atoms with Crippen LogP contribution in [0.25, 0.3) is 66.3 Å². The summed E-state index contributed by atoms with van der Waals surface area (Å²) in [6, 6.07) is 71.8. The third kappa shape index (κ3) is 23.4. The number of rotatable bonds is 9. The lowest BCUT2D eigenvalue weighted by Gasteiger charge is -2.23. The van der Waals surface area contributed by atoms with Crippen molar-refractivity contribution in [2.75, 3.05) is 19.0 Å². The zero-order valence-electron chi connectivity index (χ0n) is 53.8. The largest absolute Gasteiger partial charge is 0.367 e. The van der Waals surface area contributed by atoms with Crippen LogP contribution in [0.2, 0.25) is 0 Å². The first-order valence-corrected chi connectivity index (χ1v) is 30.1. The van der Waals surface area contributed by atoms with Gasteiger partial charge < -0.3 is 10.2 Å². The van der Waals surface area contributed by atoms with Crippen molar-refractivity contribution in [1.82, 2.24) is 25.3 Å². The van der Waals surface area contributed by atoms with Crippen molar-refractivity contribution in [2.45, 2.75) is 145 Å². The van der Waals surface area contributed by atoms with Crippen molar-refractivity contribution in [3.8, 4) is 44.5 Å². The molecular formula is C75H102N6. The Morgan fingerprint density at radius 1 is 0.333 bits per heavy atom. The molecule has 0 aliphatic heterocycles. The van der Waals surface area contributed by atoms with Crippen LogP contribution >= 0.6 is 0 Å². The lowest BCUT2D eigenvalue weighted by atomic mass is 9.95. The summed E-state index contributed by atoms with van der Waals surface area (Å²) in [5.41, 5.74) is 16.5. The van der Waals surface area contributed by atoms with Crippen molar-refractivity contribution in [1.29, 1.82) is 0 Å². The summed E-state index contributed by atoms with van der Waals surface area (Å²) < 4.78 is 0. The van der Waals surface area contributed by atoms with Gasteiger partial charge in [-0.1, -0.05) is 287 Å². The van der Waals surface area contributed by atoms with E-state index in [1.807, 2.05) is 161 Å². The van der Waals surface area contributed by atoms with Crippen molar-refractivity contribution >= 4 is 27.5 Å². The molecule has 0 unspecified atom stereocenters. The maximum atomic E-state index is 4.82. The van der Waals surface area contributed by atoms with Crippen LogP contribution in [0.15, 0.2) is 206 Å². The fourth-order valence-electron chi connectivity index (χ4n) is 8.08. The van der Waals surface area contributed by atoms with Gasteiger partial charge in [-0.3, -0.25) is 0 Å². The van der Waals surface area contributed by atoms with Crippen molar-refractivity contribution in [3.05, 3.63) is 235 Å². The Morgan fingerprint density at radius 2 is 0.667 bits per heavy atom. The predicted octanol–water partition coefficient (Wildman–Crippen LogP) is 22.1. The first-order valence-electron chi connectivity index (χ1n) is 30.1. The first-order chi connectivity index (χ1) is 39.8. The fourth-order valence-corrected chi connectivity index (χ4v) is 8.08. The minimum atomic E-state index is 0.635. The van der Waals surface area contributed by atoms with Gasteiger partial charge in [-0.15, -0.1) is 0 Å². The van der Waals surface area contributed by atoms with Crippen molar-refractivity contribution in [3.63, 3.8) is 0 Å². The molecule has 10 rings (SSSR count). The maximum Gasteiger partial charge on any atom is 0.148 e. The molecule has 0 atom stereocenters. The van der Waals surface area contributed by atoms with Gasteiger partial charge >= 0.3 is 0 Å². The molecule has 0 amide bonds. The molecule has 8 aromatic carbocycles. The van der Waals surface area contributed by atoms with E-state index in [4.69, 9.17) is 9.97 Å². The average molecular weight is 1090 g/mol. The van der Waals surface area contributed by atoms with Crippen LogP contribution in [-0.4, -0.2) is 34.0 Å². The minimum Gasteiger partial charge on any atom is -0.367 e. The summed E-state index contributed by atoms with van der Waals surface area (Å²) in [5, 5.41) is 5.29. The highest BCUT2D eigenvalue weighted by Crippen LogP contribution is 2.35. The predicted molar refractivity (Wildman–Crippen MR) is 364 cm³/mol. The van der Waals surface area contributed by atoms with Gasteiger partial charge in [0, 0.05) is 40.5 Å². The second kappa shape index (κ2) is 45.0. The Kier molecular flexibility index (Phi) is 40.7. The summed E-state index contributed by atoms with van der Waals surface area (Å²) in [6.07, 6.45) is 0. The lowest BCUT2D eigenvalue weighted by molar-refractivity contribution is 0.760. The molecule has 0 fully saturated rings. The molecule has 0 saturated heterocycles. The number of aromatic nitrogens is 4. The first kappa shape index (κ1) is 73.2. The molecule has 2 aromatic heterocycles. The monoisotopic (exact) mass is 1090 g/mol. The molecule has 6 heteroatoms. The molecule has 0 bridgehead atoms. The smallest absolute Gasteiger partial charge is 0.148 e. The minimum absolute atomic E-state index is 0.635. The molecule has 0 aliphatic carbocycles. The number of nitrogens with zero attached hydrogens (tertiary/aromatic N) is 5. The van der Waals surface area contributed by atoms with Crippen LogP contribution in [0.1, 0.15) is 139 Å². The molecule has 0 saturated carbocycles. The summed E-state index contributed by atoms with van der Waals surface area (Å²) in [4.78, 5) is 20.7. The molecule has 0 spiro atoms. The molecular weight excluding hydrogens is 985 g/mol. The van der Waals surface area contributed by atoms with Gasteiger partial charge in [-0.05, 0) is 103 Å². The van der Waals surface area contributed by atoms with E-state index in [9.17, 15) is 0 Å². The molecule has 2 heterocycles. The van der Waals surface area contributed by atoms with Gasteiger partial charge in [-0.25, -0.2) is 19.9 Å². The number of nitrogens with one attached hydrogen (secondary N) is 1. The summed E-state index contributed by atoms with van der Waals surface area (Å²) in [6.45, 7) is 39.6. The van der Waals surface area contributed by atoms with Gasteiger partial charge in [0.1, 0.15) is 11.6 Å². The highest BCUT2D eigenvalue weighted by atomic mass is 15.1. The van der Waals surface area contributed by atoms with Crippen LogP contribution < -0.4 is 10.2 Å².